The molecule has 0 radical (unpaired) electrons. The molecule has 2 fully saturated rings. The summed E-state index contributed by atoms with van der Waals surface area (Å²) in [5.41, 5.74) is 0.603. The predicted molar refractivity (Wildman–Crippen MR) is 112 cm³/mol. The number of halogens is 1. The van der Waals surface area contributed by atoms with Gasteiger partial charge in [0.2, 0.25) is 11.8 Å². The molecular formula is C23H27ClN2O3. The Bertz CT molecular complexity index is 799. The van der Waals surface area contributed by atoms with E-state index >= 15 is 0 Å². The van der Waals surface area contributed by atoms with E-state index < -0.39 is 5.41 Å². The second kappa shape index (κ2) is 9.14. The van der Waals surface area contributed by atoms with Gasteiger partial charge < -0.3 is 14.8 Å². The van der Waals surface area contributed by atoms with Crippen LogP contribution in [-0.2, 0) is 14.9 Å². The summed E-state index contributed by atoms with van der Waals surface area (Å²) in [6.07, 6.45) is 6.79. The molecule has 0 unspecified atom stereocenters. The Kier molecular flexibility index (Phi) is 6.36. The summed E-state index contributed by atoms with van der Waals surface area (Å²) in [5, 5.41) is 3.94. The van der Waals surface area contributed by atoms with Crippen molar-refractivity contribution in [2.24, 2.45) is 0 Å². The molecule has 4 rings (SSSR count). The molecule has 29 heavy (non-hydrogen) atoms. The Labute approximate surface area is 176 Å². The highest BCUT2D eigenvalue weighted by Gasteiger charge is 2.42. The number of carbonyl (C=O) groups is 1. The van der Waals surface area contributed by atoms with E-state index in [1.165, 1.54) is 0 Å². The molecule has 0 atom stereocenters. The van der Waals surface area contributed by atoms with Crippen LogP contribution in [0.1, 0.15) is 44.1 Å². The second-order valence-electron chi connectivity index (χ2n) is 7.94. The van der Waals surface area contributed by atoms with Crippen molar-refractivity contribution in [2.75, 3.05) is 13.2 Å². The zero-order valence-corrected chi connectivity index (χ0v) is 17.2. The number of hydrogen-bond acceptors (Lipinski definition) is 4. The molecule has 2 heterocycles. The molecule has 6 heteroatoms. The maximum atomic E-state index is 13.4. The van der Waals surface area contributed by atoms with E-state index in [9.17, 15) is 4.79 Å². The zero-order chi connectivity index (χ0) is 20.1. The van der Waals surface area contributed by atoms with Crippen molar-refractivity contribution in [1.82, 2.24) is 10.3 Å². The first-order valence-electron chi connectivity index (χ1n) is 10.4. The largest absolute Gasteiger partial charge is 0.474 e. The van der Waals surface area contributed by atoms with Gasteiger partial charge in [-0.25, -0.2) is 4.98 Å². The van der Waals surface area contributed by atoms with Gasteiger partial charge in [-0.15, -0.1) is 0 Å². The summed E-state index contributed by atoms with van der Waals surface area (Å²) in [6.45, 7) is 1.24. The van der Waals surface area contributed by atoms with Gasteiger partial charge >= 0.3 is 0 Å². The highest BCUT2D eigenvalue weighted by Crippen LogP contribution is 2.36. The smallest absolute Gasteiger partial charge is 0.231 e. The summed E-state index contributed by atoms with van der Waals surface area (Å²) in [7, 11) is 0. The predicted octanol–water partition coefficient (Wildman–Crippen LogP) is 4.29. The topological polar surface area (TPSA) is 60.5 Å². The molecule has 1 aliphatic heterocycles. The van der Waals surface area contributed by atoms with Gasteiger partial charge in [0.1, 0.15) is 6.10 Å². The summed E-state index contributed by atoms with van der Waals surface area (Å²) in [6, 6.07) is 13.9. The van der Waals surface area contributed by atoms with Crippen LogP contribution in [0, 0.1) is 0 Å². The minimum absolute atomic E-state index is 0.128. The SMILES string of the molecule is O=C(NC1CCC(Oc2ccc(Cl)cn2)CC1)C1(c2ccccc2)CCOCC1. The highest BCUT2D eigenvalue weighted by molar-refractivity contribution is 6.30. The average molecular weight is 415 g/mol. The van der Waals surface area contributed by atoms with Crippen molar-refractivity contribution in [1.29, 1.82) is 0 Å². The minimum Gasteiger partial charge on any atom is -0.474 e. The van der Waals surface area contributed by atoms with Crippen LogP contribution >= 0.6 is 11.6 Å². The molecule has 1 aromatic carbocycles. The normalized spacial score (nSPS) is 23.9. The van der Waals surface area contributed by atoms with Crippen LogP contribution in [0.25, 0.3) is 0 Å². The fourth-order valence-corrected chi connectivity index (χ4v) is 4.49. The number of aromatic nitrogens is 1. The Morgan fingerprint density at radius 2 is 1.79 bits per heavy atom. The first-order valence-corrected chi connectivity index (χ1v) is 10.8. The minimum atomic E-state index is -0.486. The lowest BCUT2D eigenvalue weighted by atomic mass is 9.73. The van der Waals surface area contributed by atoms with Gasteiger partial charge in [0.15, 0.2) is 0 Å². The van der Waals surface area contributed by atoms with Crippen LogP contribution in [0.4, 0.5) is 0 Å². The lowest BCUT2D eigenvalue weighted by Crippen LogP contribution is -2.52. The Balaban J connectivity index is 1.35. The molecule has 1 saturated heterocycles. The third-order valence-corrected chi connectivity index (χ3v) is 6.33. The lowest BCUT2D eigenvalue weighted by Gasteiger charge is -2.38. The summed E-state index contributed by atoms with van der Waals surface area (Å²) in [4.78, 5) is 17.6. The van der Waals surface area contributed by atoms with Gasteiger partial charge in [-0.3, -0.25) is 4.79 Å². The molecule has 1 aromatic heterocycles. The van der Waals surface area contributed by atoms with Crippen LogP contribution in [0.15, 0.2) is 48.7 Å². The molecule has 0 bridgehead atoms. The lowest BCUT2D eigenvalue weighted by molar-refractivity contribution is -0.131. The maximum absolute atomic E-state index is 13.4. The first-order chi connectivity index (χ1) is 14.2. The van der Waals surface area contributed by atoms with E-state index in [-0.39, 0.29) is 18.1 Å². The van der Waals surface area contributed by atoms with Crippen LogP contribution < -0.4 is 10.1 Å². The van der Waals surface area contributed by atoms with Gasteiger partial charge in [0.05, 0.1) is 10.4 Å². The molecule has 1 saturated carbocycles. The molecule has 2 aromatic rings. The summed E-state index contributed by atoms with van der Waals surface area (Å²) >= 11 is 5.88. The zero-order valence-electron chi connectivity index (χ0n) is 16.5. The maximum Gasteiger partial charge on any atom is 0.231 e. The second-order valence-corrected chi connectivity index (χ2v) is 8.38. The van der Waals surface area contributed by atoms with Gasteiger partial charge in [-0.1, -0.05) is 41.9 Å². The number of nitrogens with one attached hydrogen (secondary N) is 1. The van der Waals surface area contributed by atoms with Crippen molar-refractivity contribution >= 4 is 17.5 Å². The number of nitrogens with zero attached hydrogens (tertiary/aromatic N) is 1. The molecule has 2 aliphatic rings. The van der Waals surface area contributed by atoms with Crippen LogP contribution in [-0.4, -0.2) is 36.3 Å². The number of ether oxygens (including phenoxy) is 2. The highest BCUT2D eigenvalue weighted by atomic mass is 35.5. The van der Waals surface area contributed by atoms with E-state index in [1.54, 1.807) is 18.3 Å². The van der Waals surface area contributed by atoms with Gasteiger partial charge in [0.25, 0.3) is 0 Å². The molecule has 5 nitrogen and oxygen atoms in total. The van der Waals surface area contributed by atoms with Crippen LogP contribution in [0.5, 0.6) is 5.88 Å². The standard InChI is InChI=1S/C23H27ClN2O3/c24-18-6-11-21(25-16-18)29-20-9-7-19(8-10-20)26-22(27)23(12-14-28-15-13-23)17-4-2-1-3-5-17/h1-6,11,16,19-20H,7-10,12-15H2,(H,26,27). The third kappa shape index (κ3) is 4.73. The van der Waals surface area contributed by atoms with Gasteiger partial charge in [-0.2, -0.15) is 0 Å². The van der Waals surface area contributed by atoms with E-state index in [2.05, 4.69) is 22.4 Å². The first kappa shape index (κ1) is 20.2. The number of carbonyl (C=O) groups excluding carboxylic acids is 1. The van der Waals surface area contributed by atoms with E-state index in [4.69, 9.17) is 21.1 Å². The molecule has 1 amide bonds. The van der Waals surface area contributed by atoms with Crippen molar-refractivity contribution in [3.05, 3.63) is 59.2 Å². The van der Waals surface area contributed by atoms with Gasteiger partial charge in [0, 0.05) is 31.5 Å². The number of rotatable bonds is 5. The molecule has 1 aliphatic carbocycles. The monoisotopic (exact) mass is 414 g/mol. The molecule has 1 N–H and O–H groups in total. The Hall–Kier alpha value is -2.11. The fourth-order valence-electron chi connectivity index (χ4n) is 4.38. The van der Waals surface area contributed by atoms with E-state index in [0.717, 1.165) is 44.1 Å². The van der Waals surface area contributed by atoms with Crippen molar-refractivity contribution in [3.8, 4) is 5.88 Å². The van der Waals surface area contributed by atoms with Crippen LogP contribution in [0.3, 0.4) is 0 Å². The summed E-state index contributed by atoms with van der Waals surface area (Å²) in [5.74, 6) is 0.739. The number of pyridine rings is 1. The van der Waals surface area contributed by atoms with Crippen molar-refractivity contribution in [2.45, 2.75) is 56.1 Å². The molecule has 154 valence electrons. The van der Waals surface area contributed by atoms with E-state index in [1.807, 2.05) is 18.2 Å². The number of benzene rings is 1. The van der Waals surface area contributed by atoms with Crippen LogP contribution in [0.2, 0.25) is 5.02 Å². The third-order valence-electron chi connectivity index (χ3n) is 6.10. The molecule has 0 spiro atoms. The number of hydrogen-bond donors (Lipinski definition) is 1. The van der Waals surface area contributed by atoms with E-state index in [0.29, 0.717) is 24.1 Å². The van der Waals surface area contributed by atoms with Crippen molar-refractivity contribution < 1.29 is 14.3 Å². The quantitative estimate of drug-likeness (QED) is 0.792. The summed E-state index contributed by atoms with van der Waals surface area (Å²) < 4.78 is 11.5. The fraction of sp³-hybridized carbons (Fsp3) is 0.478. The van der Waals surface area contributed by atoms with Gasteiger partial charge in [-0.05, 0) is 50.2 Å². The average Bonchev–Trinajstić information content (AvgIpc) is 2.78. The molecular weight excluding hydrogens is 388 g/mol. The Morgan fingerprint density at radius 1 is 1.07 bits per heavy atom. The Morgan fingerprint density at radius 3 is 2.45 bits per heavy atom. The number of amides is 1. The van der Waals surface area contributed by atoms with Crippen molar-refractivity contribution in [3.63, 3.8) is 0 Å².